The van der Waals surface area contributed by atoms with Gasteiger partial charge in [0.1, 0.15) is 17.3 Å². The Kier molecular flexibility index (Phi) is 8.98. The SMILES string of the molecule is [C-]#[N+]c1cc(Oc2[c-]c3c(cc2)c2ccccc2n3-c2ccccn2)[c-]c(-c2nnc(C)n2-c2c(-c3ccccc3)cccc2-c2ccccc2)c1.[Pt+2]. The molecule has 9 rings (SSSR count). The molecular weight excluding hydrogens is 836 g/mol. The summed E-state index contributed by atoms with van der Waals surface area (Å²) in [5, 5.41) is 11.4. The largest absolute Gasteiger partial charge is 2.00 e. The maximum Gasteiger partial charge on any atom is 2.00 e. The van der Waals surface area contributed by atoms with Gasteiger partial charge in [0.05, 0.1) is 18.1 Å². The second-order valence-corrected chi connectivity index (χ2v) is 12.3. The number of para-hydroxylation sites is 2. The first-order valence-corrected chi connectivity index (χ1v) is 16.8. The molecule has 3 aromatic heterocycles. The van der Waals surface area contributed by atoms with Crippen LogP contribution in [0.15, 0.2) is 152 Å². The van der Waals surface area contributed by atoms with Crippen molar-refractivity contribution in [3.8, 4) is 56.6 Å². The molecule has 53 heavy (non-hydrogen) atoms. The Bertz CT molecular complexity index is 2730. The molecule has 0 fully saturated rings. The predicted octanol–water partition coefficient (Wildman–Crippen LogP) is 11.0. The minimum atomic E-state index is 0. The average Bonchev–Trinajstić information content (AvgIpc) is 3.75. The van der Waals surface area contributed by atoms with Crippen molar-refractivity contribution in [2.45, 2.75) is 6.92 Å². The van der Waals surface area contributed by atoms with E-state index in [-0.39, 0.29) is 21.1 Å². The zero-order valence-electron chi connectivity index (χ0n) is 28.3. The number of hydrogen-bond acceptors (Lipinski definition) is 4. The molecular formula is C45H28N6OPt. The van der Waals surface area contributed by atoms with E-state index in [9.17, 15) is 0 Å². The maximum absolute atomic E-state index is 7.98. The van der Waals surface area contributed by atoms with Gasteiger partial charge < -0.3 is 13.9 Å². The normalized spacial score (nSPS) is 10.9. The molecule has 0 radical (unpaired) electrons. The standard InChI is InChI=1S/C45H28N6O.Pt/c1-30-48-49-45(50(30)44-37(31-14-5-3-6-15-31)19-13-20-38(44)32-16-7-4-8-17-32)33-26-34(46-2)28-36(27-33)52-35-23-24-40-39-18-9-10-21-41(39)51(42(40)29-35)43-22-11-12-25-47-43;/h3-26,28H,1H3;/q-2;+2. The number of aromatic nitrogens is 5. The molecule has 0 aliphatic rings. The van der Waals surface area contributed by atoms with E-state index in [1.54, 1.807) is 18.3 Å². The Hall–Kier alpha value is -6.61. The molecule has 8 heteroatoms. The first-order chi connectivity index (χ1) is 25.7. The van der Waals surface area contributed by atoms with E-state index in [4.69, 9.17) is 11.3 Å². The van der Waals surface area contributed by atoms with E-state index in [1.165, 1.54) is 0 Å². The Morgan fingerprint density at radius 3 is 2.04 bits per heavy atom. The summed E-state index contributed by atoms with van der Waals surface area (Å²) in [6.07, 6.45) is 1.78. The molecule has 0 spiro atoms. The second kappa shape index (κ2) is 14.2. The molecule has 9 aromatic rings. The Balaban J connectivity index is 0.00000400. The zero-order valence-corrected chi connectivity index (χ0v) is 30.6. The fourth-order valence-corrected chi connectivity index (χ4v) is 6.84. The van der Waals surface area contributed by atoms with Gasteiger partial charge in [0, 0.05) is 34.3 Å². The first kappa shape index (κ1) is 33.5. The van der Waals surface area contributed by atoms with Gasteiger partial charge in [-0.1, -0.05) is 121 Å². The third-order valence-corrected chi connectivity index (χ3v) is 9.11. The Morgan fingerprint density at radius 2 is 1.34 bits per heavy atom. The van der Waals surface area contributed by atoms with Crippen molar-refractivity contribution >= 4 is 27.5 Å². The number of fused-ring (bicyclic) bond motifs is 3. The number of rotatable bonds is 7. The van der Waals surface area contributed by atoms with Crippen molar-refractivity contribution in [1.82, 2.24) is 24.3 Å². The van der Waals surface area contributed by atoms with Crippen molar-refractivity contribution in [2.75, 3.05) is 0 Å². The van der Waals surface area contributed by atoms with Gasteiger partial charge in [-0.15, -0.1) is 34.2 Å². The summed E-state index contributed by atoms with van der Waals surface area (Å²) in [5.74, 6) is 2.87. The molecule has 0 unspecified atom stereocenters. The quantitative estimate of drug-likeness (QED) is 0.150. The number of pyridine rings is 1. The molecule has 0 aliphatic carbocycles. The summed E-state index contributed by atoms with van der Waals surface area (Å²) >= 11 is 0. The van der Waals surface area contributed by atoms with Crippen molar-refractivity contribution in [3.05, 3.63) is 181 Å². The number of benzene rings is 6. The van der Waals surface area contributed by atoms with Crippen molar-refractivity contribution < 1.29 is 25.8 Å². The summed E-state index contributed by atoms with van der Waals surface area (Å²) in [4.78, 5) is 8.44. The van der Waals surface area contributed by atoms with E-state index >= 15 is 0 Å². The molecule has 6 aromatic carbocycles. The van der Waals surface area contributed by atoms with Crippen LogP contribution < -0.4 is 4.74 Å². The van der Waals surface area contributed by atoms with E-state index in [2.05, 4.69) is 95.9 Å². The van der Waals surface area contributed by atoms with E-state index in [1.807, 2.05) is 85.8 Å². The van der Waals surface area contributed by atoms with Gasteiger partial charge in [0.25, 0.3) is 0 Å². The van der Waals surface area contributed by atoms with Crippen molar-refractivity contribution in [2.24, 2.45) is 0 Å². The molecule has 0 aliphatic heterocycles. The minimum Gasteiger partial charge on any atom is -0.504 e. The van der Waals surface area contributed by atoms with Crippen LogP contribution in [0.5, 0.6) is 11.5 Å². The Morgan fingerprint density at radius 1 is 0.642 bits per heavy atom. The summed E-state index contributed by atoms with van der Waals surface area (Å²) in [5.41, 5.74) is 7.92. The molecule has 0 N–H and O–H groups in total. The van der Waals surface area contributed by atoms with Crippen LogP contribution in [0.3, 0.4) is 0 Å². The topological polar surface area (TPSA) is 62.1 Å². The van der Waals surface area contributed by atoms with Crippen LogP contribution in [0.1, 0.15) is 5.82 Å². The van der Waals surface area contributed by atoms with E-state index in [0.29, 0.717) is 34.4 Å². The van der Waals surface area contributed by atoms with Crippen LogP contribution in [0, 0.1) is 25.6 Å². The third-order valence-electron chi connectivity index (χ3n) is 9.11. The summed E-state index contributed by atoms with van der Waals surface area (Å²) in [7, 11) is 0. The smallest absolute Gasteiger partial charge is 0.504 e. The van der Waals surface area contributed by atoms with Crippen LogP contribution in [-0.4, -0.2) is 24.3 Å². The van der Waals surface area contributed by atoms with Gasteiger partial charge in [0.2, 0.25) is 0 Å². The third kappa shape index (κ3) is 6.10. The second-order valence-electron chi connectivity index (χ2n) is 12.3. The first-order valence-electron chi connectivity index (χ1n) is 16.8. The number of hydrogen-bond donors (Lipinski definition) is 0. The van der Waals surface area contributed by atoms with Crippen molar-refractivity contribution in [1.29, 1.82) is 0 Å². The summed E-state index contributed by atoms with van der Waals surface area (Å²) in [6, 6.07) is 55.3. The van der Waals surface area contributed by atoms with Gasteiger partial charge in [0.15, 0.2) is 0 Å². The number of nitrogens with zero attached hydrogens (tertiary/aromatic N) is 6. The van der Waals surface area contributed by atoms with Crippen LogP contribution in [0.4, 0.5) is 5.69 Å². The average molecular weight is 864 g/mol. The van der Waals surface area contributed by atoms with Gasteiger partial charge in [-0.3, -0.25) is 4.85 Å². The summed E-state index contributed by atoms with van der Waals surface area (Å²) < 4.78 is 10.6. The summed E-state index contributed by atoms with van der Waals surface area (Å²) in [6.45, 7) is 9.92. The van der Waals surface area contributed by atoms with Crippen LogP contribution >= 0.6 is 0 Å². The van der Waals surface area contributed by atoms with E-state index in [0.717, 1.165) is 55.6 Å². The monoisotopic (exact) mass is 863 g/mol. The molecule has 3 heterocycles. The van der Waals surface area contributed by atoms with Gasteiger partial charge >= 0.3 is 21.1 Å². The zero-order chi connectivity index (χ0) is 35.0. The van der Waals surface area contributed by atoms with E-state index < -0.39 is 0 Å². The number of aryl methyl sites for hydroxylation is 1. The molecule has 254 valence electrons. The van der Waals surface area contributed by atoms with Crippen LogP contribution in [-0.2, 0) is 21.1 Å². The molecule has 0 bridgehead atoms. The molecule has 7 nitrogen and oxygen atoms in total. The predicted molar refractivity (Wildman–Crippen MR) is 205 cm³/mol. The fourth-order valence-electron chi connectivity index (χ4n) is 6.84. The molecule has 0 saturated carbocycles. The van der Waals surface area contributed by atoms with Gasteiger partial charge in [-0.2, -0.15) is 11.2 Å². The van der Waals surface area contributed by atoms with Crippen LogP contribution in [0.25, 0.3) is 71.8 Å². The maximum atomic E-state index is 7.98. The van der Waals surface area contributed by atoms with Gasteiger partial charge in [-0.05, 0) is 41.6 Å². The molecule has 0 atom stereocenters. The van der Waals surface area contributed by atoms with Crippen LogP contribution in [0.2, 0.25) is 0 Å². The fraction of sp³-hybridized carbons (Fsp3) is 0.0222. The molecule has 0 saturated heterocycles. The minimum absolute atomic E-state index is 0. The van der Waals surface area contributed by atoms with Gasteiger partial charge in [-0.25, -0.2) is 4.98 Å². The number of ether oxygens (including phenoxy) is 1. The van der Waals surface area contributed by atoms with Crippen molar-refractivity contribution in [3.63, 3.8) is 0 Å². The molecule has 0 amide bonds. The Labute approximate surface area is 320 Å².